The van der Waals surface area contributed by atoms with E-state index in [2.05, 4.69) is 53.0 Å². The quantitative estimate of drug-likeness (QED) is 0.348. The van der Waals surface area contributed by atoms with Crippen molar-refractivity contribution in [2.45, 2.75) is 38.2 Å². The lowest BCUT2D eigenvalue weighted by molar-refractivity contribution is 0.0844. The van der Waals surface area contributed by atoms with Gasteiger partial charge in [-0.15, -0.1) is 0 Å². The molecule has 0 aromatic heterocycles. The molecule has 66 valence electrons. The molecule has 1 saturated heterocycles. The summed E-state index contributed by atoms with van der Waals surface area (Å²) in [6.07, 6.45) is 4.66. The largest absolute Gasteiger partial charge is 0.381 e. The highest BCUT2D eigenvalue weighted by Crippen LogP contribution is 2.71. The highest BCUT2D eigenvalue weighted by Gasteiger charge is 2.72. The van der Waals surface area contributed by atoms with Gasteiger partial charge in [0.05, 0.1) is 12.9 Å². The molecule has 0 aromatic rings. The Bertz CT molecular complexity index is 249. The Morgan fingerprint density at radius 1 is 1.25 bits per heavy atom. The molecule has 0 unspecified atom stereocenters. The normalized spacial score (nSPS) is 67.7. The molecule has 0 aromatic carbocycles. The molecule has 1 heterocycles. The van der Waals surface area contributed by atoms with Gasteiger partial charge in [0.15, 0.2) is 0 Å². The van der Waals surface area contributed by atoms with Gasteiger partial charge >= 0.3 is 0 Å². The van der Waals surface area contributed by atoms with E-state index in [1.54, 1.807) is 0 Å². The van der Waals surface area contributed by atoms with Crippen LogP contribution in [0.3, 0.4) is 0 Å². The zero-order valence-corrected chi connectivity index (χ0v) is 11.3. The second-order valence-electron chi connectivity index (χ2n) is 4.60. The molecule has 12 heavy (non-hydrogen) atoms. The van der Waals surface area contributed by atoms with Crippen LogP contribution in [0.15, 0.2) is 0 Å². The second kappa shape index (κ2) is 2.35. The first-order valence-electron chi connectivity index (χ1n) is 4.58. The van der Waals surface area contributed by atoms with Crippen molar-refractivity contribution < 1.29 is 4.74 Å². The summed E-state index contributed by atoms with van der Waals surface area (Å²) in [7, 11) is 2.22. The molecular weight excluding hydrogens is 377 g/mol. The van der Waals surface area contributed by atoms with Gasteiger partial charge in [-0.1, -0.05) is 45.2 Å². The van der Waals surface area contributed by atoms with Gasteiger partial charge in [0.2, 0.25) is 0 Å². The van der Waals surface area contributed by atoms with Crippen LogP contribution in [0, 0.1) is 5.92 Å². The number of hydrogen-bond acceptors (Lipinski definition) is 1. The zero-order valence-electron chi connectivity index (χ0n) is 7.02. The van der Waals surface area contributed by atoms with E-state index >= 15 is 0 Å². The third kappa shape index (κ3) is 0.948. The Labute approximate surface area is 101 Å². The van der Waals surface area contributed by atoms with Crippen molar-refractivity contribution in [3.05, 3.63) is 0 Å². The third-order valence-corrected chi connectivity index (χ3v) is 6.90. The van der Waals surface area contributed by atoms with Crippen molar-refractivity contribution in [1.29, 1.82) is 0 Å². The Morgan fingerprint density at radius 3 is 2.67 bits per heavy atom. The van der Waals surface area contributed by atoms with Crippen molar-refractivity contribution in [1.82, 2.24) is 0 Å². The molecule has 2 aliphatic carbocycles. The van der Waals surface area contributed by atoms with Gasteiger partial charge in [-0.3, -0.25) is 0 Å². The van der Waals surface area contributed by atoms with E-state index in [9.17, 15) is 0 Å². The van der Waals surface area contributed by atoms with Crippen molar-refractivity contribution in [2.75, 3.05) is 0 Å². The standard InChI is InChI=1S/C8H11BI2O/c9-5-3-7(10)1-4-2-8(4,11)6(7)12-5/h4-6H,1-3,9H2/t4-,5-,6+,7+,8-/m1/s1. The van der Waals surface area contributed by atoms with Crippen LogP contribution in [0.2, 0.25) is 0 Å². The van der Waals surface area contributed by atoms with Crippen LogP contribution in [0.1, 0.15) is 19.3 Å². The van der Waals surface area contributed by atoms with Crippen LogP contribution in [-0.2, 0) is 4.74 Å². The zero-order chi connectivity index (χ0) is 8.56. The SMILES string of the molecule is B[C@H]1C[C@@]2(I)C[C@@H]3C[C@]3(I)[C@H]2O1. The average Bonchev–Trinajstić information content (AvgIpc) is 2.35. The van der Waals surface area contributed by atoms with Gasteiger partial charge in [0.1, 0.15) is 7.85 Å². The Balaban J connectivity index is 1.95. The van der Waals surface area contributed by atoms with Gasteiger partial charge in [0, 0.05) is 6.00 Å². The fraction of sp³-hybridized carbons (Fsp3) is 1.00. The summed E-state index contributed by atoms with van der Waals surface area (Å²) in [4.78, 5) is 0. The van der Waals surface area contributed by atoms with Crippen molar-refractivity contribution in [3.63, 3.8) is 0 Å². The Morgan fingerprint density at radius 2 is 2.00 bits per heavy atom. The molecule has 0 radical (unpaired) electrons. The van der Waals surface area contributed by atoms with Crippen LogP contribution >= 0.6 is 45.2 Å². The van der Waals surface area contributed by atoms with Crippen LogP contribution in [0.25, 0.3) is 0 Å². The van der Waals surface area contributed by atoms with E-state index in [1.807, 2.05) is 0 Å². The summed E-state index contributed by atoms with van der Waals surface area (Å²) in [5.74, 6) is 0.979. The maximum absolute atomic E-state index is 6.03. The van der Waals surface area contributed by atoms with E-state index in [4.69, 9.17) is 4.74 Å². The highest BCUT2D eigenvalue weighted by molar-refractivity contribution is 14.1. The summed E-state index contributed by atoms with van der Waals surface area (Å²) in [5.41, 5.74) is 0. The summed E-state index contributed by atoms with van der Waals surface area (Å²) < 4.78 is 7.08. The van der Waals surface area contributed by atoms with E-state index in [0.29, 0.717) is 19.0 Å². The summed E-state index contributed by atoms with van der Waals surface area (Å²) in [6, 6.07) is 0.500. The first-order valence-corrected chi connectivity index (χ1v) is 6.74. The number of ether oxygens (including phenoxy) is 1. The molecule has 3 rings (SSSR count). The van der Waals surface area contributed by atoms with Crippen molar-refractivity contribution in [3.8, 4) is 0 Å². The fourth-order valence-electron chi connectivity index (χ4n) is 3.01. The predicted molar refractivity (Wildman–Crippen MR) is 68.0 cm³/mol. The number of hydrogen-bond donors (Lipinski definition) is 0. The molecule has 3 aliphatic rings. The van der Waals surface area contributed by atoms with E-state index in [-0.39, 0.29) is 0 Å². The lowest BCUT2D eigenvalue weighted by Gasteiger charge is -2.25. The average molecular weight is 388 g/mol. The topological polar surface area (TPSA) is 9.23 Å². The third-order valence-electron chi connectivity index (χ3n) is 3.56. The minimum Gasteiger partial charge on any atom is -0.381 e. The maximum atomic E-state index is 6.03. The van der Waals surface area contributed by atoms with Gasteiger partial charge < -0.3 is 4.74 Å². The molecule has 0 spiro atoms. The van der Waals surface area contributed by atoms with Gasteiger partial charge in [0.25, 0.3) is 0 Å². The first-order chi connectivity index (χ1) is 5.55. The Hall–Kier alpha value is 1.48. The molecule has 5 atom stereocenters. The van der Waals surface area contributed by atoms with E-state index in [0.717, 1.165) is 5.92 Å². The fourth-order valence-corrected chi connectivity index (χ4v) is 6.96. The number of rotatable bonds is 0. The minimum atomic E-state index is 0.500. The summed E-state index contributed by atoms with van der Waals surface area (Å²) >= 11 is 5.31. The summed E-state index contributed by atoms with van der Waals surface area (Å²) in [5, 5.41) is 0. The summed E-state index contributed by atoms with van der Waals surface area (Å²) in [6.45, 7) is 0. The molecule has 0 bridgehead atoms. The molecule has 0 amide bonds. The number of fused-ring (bicyclic) bond motifs is 3. The van der Waals surface area contributed by atoms with Crippen molar-refractivity contribution >= 4 is 53.0 Å². The van der Waals surface area contributed by atoms with E-state index < -0.39 is 0 Å². The molecule has 1 aliphatic heterocycles. The molecule has 4 heteroatoms. The van der Waals surface area contributed by atoms with E-state index in [1.165, 1.54) is 19.3 Å². The van der Waals surface area contributed by atoms with Gasteiger partial charge in [-0.2, -0.15) is 0 Å². The van der Waals surface area contributed by atoms with Gasteiger partial charge in [-0.05, 0) is 25.2 Å². The molecule has 3 fully saturated rings. The van der Waals surface area contributed by atoms with Crippen LogP contribution in [0.5, 0.6) is 0 Å². The van der Waals surface area contributed by atoms with Gasteiger partial charge in [-0.25, -0.2) is 0 Å². The van der Waals surface area contributed by atoms with Crippen LogP contribution in [-0.4, -0.2) is 26.8 Å². The minimum absolute atomic E-state index is 0.500. The number of alkyl halides is 2. The molecular formula is C8H11BI2O. The van der Waals surface area contributed by atoms with Crippen LogP contribution < -0.4 is 0 Å². The highest BCUT2D eigenvalue weighted by atomic mass is 127. The lowest BCUT2D eigenvalue weighted by Crippen LogP contribution is -2.34. The van der Waals surface area contributed by atoms with Crippen molar-refractivity contribution in [2.24, 2.45) is 5.92 Å². The Kier molecular flexibility index (Phi) is 1.72. The number of halogens is 2. The molecule has 2 saturated carbocycles. The molecule has 1 nitrogen and oxygen atoms in total. The smallest absolute Gasteiger partial charge is 0.139 e. The monoisotopic (exact) mass is 388 g/mol. The predicted octanol–water partition coefficient (Wildman–Crippen LogP) is 1.51. The first kappa shape index (κ1) is 8.77. The second-order valence-corrected chi connectivity index (χ2v) is 8.75. The van der Waals surface area contributed by atoms with Crippen LogP contribution in [0.4, 0.5) is 0 Å². The maximum Gasteiger partial charge on any atom is 0.139 e. The lowest BCUT2D eigenvalue weighted by atomic mass is 9.90. The molecule has 0 N–H and O–H groups in total.